The number of fused-ring (bicyclic) bond motifs is 3. The zero-order chi connectivity index (χ0) is 23.5. The number of alkyl carbamates (subject to hydrolysis) is 1. The average Bonchev–Trinajstić information content (AvgIpc) is 3.11. The van der Waals surface area contributed by atoms with Crippen molar-refractivity contribution < 1.29 is 24.2 Å². The molecule has 7 nitrogen and oxygen atoms in total. The van der Waals surface area contributed by atoms with Gasteiger partial charge in [-0.05, 0) is 47.4 Å². The summed E-state index contributed by atoms with van der Waals surface area (Å²) in [6.45, 7) is 1.63. The maximum atomic E-state index is 12.5. The second kappa shape index (κ2) is 9.34. The fourth-order valence-electron chi connectivity index (χ4n) is 3.92. The highest BCUT2D eigenvalue weighted by atomic mass is 35.5. The Morgan fingerprint density at radius 1 is 1.00 bits per heavy atom. The Morgan fingerprint density at radius 3 is 2.21 bits per heavy atom. The lowest BCUT2D eigenvalue weighted by Gasteiger charge is -2.17. The molecule has 0 aliphatic heterocycles. The van der Waals surface area contributed by atoms with E-state index in [-0.39, 0.29) is 28.8 Å². The van der Waals surface area contributed by atoms with Crippen molar-refractivity contribution in [2.75, 3.05) is 11.9 Å². The van der Waals surface area contributed by atoms with Gasteiger partial charge in [0, 0.05) is 16.6 Å². The van der Waals surface area contributed by atoms with Crippen LogP contribution in [0.25, 0.3) is 11.1 Å². The Labute approximate surface area is 195 Å². The number of anilines is 1. The van der Waals surface area contributed by atoms with E-state index >= 15 is 0 Å². The topological polar surface area (TPSA) is 105 Å². The maximum absolute atomic E-state index is 12.5. The van der Waals surface area contributed by atoms with Crippen LogP contribution in [0.15, 0.2) is 66.7 Å². The highest BCUT2D eigenvalue weighted by Gasteiger charge is 2.29. The largest absolute Gasteiger partial charge is 0.478 e. The van der Waals surface area contributed by atoms with Crippen LogP contribution in [0.3, 0.4) is 0 Å². The molecule has 0 bridgehead atoms. The number of carboxylic acid groups (broad SMARTS) is 1. The number of rotatable bonds is 6. The molecular weight excluding hydrogens is 444 g/mol. The molecule has 0 fully saturated rings. The minimum absolute atomic E-state index is 0.0602. The summed E-state index contributed by atoms with van der Waals surface area (Å²) in [4.78, 5) is 36.0. The fourth-order valence-corrected chi connectivity index (χ4v) is 4.15. The molecule has 1 aliphatic carbocycles. The van der Waals surface area contributed by atoms with Crippen LogP contribution in [0, 0.1) is 0 Å². The number of carbonyl (C=O) groups excluding carboxylic acids is 2. The molecule has 4 rings (SSSR count). The van der Waals surface area contributed by atoms with E-state index in [9.17, 15) is 14.4 Å². The van der Waals surface area contributed by atoms with Crippen LogP contribution in [0.5, 0.6) is 0 Å². The van der Waals surface area contributed by atoms with E-state index in [2.05, 4.69) is 10.6 Å². The van der Waals surface area contributed by atoms with Crippen LogP contribution in [0.4, 0.5) is 10.5 Å². The molecular formula is C25H21ClN2O5. The van der Waals surface area contributed by atoms with Crippen molar-refractivity contribution in [3.63, 3.8) is 0 Å². The van der Waals surface area contributed by atoms with Gasteiger partial charge >= 0.3 is 12.1 Å². The summed E-state index contributed by atoms with van der Waals surface area (Å²) < 4.78 is 5.45. The summed E-state index contributed by atoms with van der Waals surface area (Å²) in [6, 6.07) is 19.1. The third-order valence-electron chi connectivity index (χ3n) is 5.48. The smallest absolute Gasteiger partial charge is 0.407 e. The molecule has 0 heterocycles. The summed E-state index contributed by atoms with van der Waals surface area (Å²) >= 11 is 5.91. The van der Waals surface area contributed by atoms with Crippen molar-refractivity contribution in [2.24, 2.45) is 0 Å². The van der Waals surface area contributed by atoms with Crippen molar-refractivity contribution in [3.8, 4) is 11.1 Å². The second-order valence-electron chi connectivity index (χ2n) is 7.71. The standard InChI is InChI=1S/C25H21ClN2O5/c1-14(23(29)28-17-11-15(24(30)31)10-16(26)12-17)27-25(32)33-13-22-20-8-4-2-6-18(20)19-7-3-5-9-21(19)22/h2-12,14,22H,13H2,1H3,(H,27,32)(H,28,29)(H,30,31). The van der Waals surface area contributed by atoms with Gasteiger partial charge in [0.1, 0.15) is 12.6 Å². The van der Waals surface area contributed by atoms with Gasteiger partial charge in [0.25, 0.3) is 0 Å². The van der Waals surface area contributed by atoms with Gasteiger partial charge in [0.05, 0.1) is 5.56 Å². The first kappa shape index (κ1) is 22.4. The number of benzene rings is 3. The molecule has 8 heteroatoms. The van der Waals surface area contributed by atoms with Crippen LogP contribution in [-0.4, -0.2) is 35.7 Å². The molecule has 3 N–H and O–H groups in total. The number of aromatic carboxylic acids is 1. The zero-order valence-electron chi connectivity index (χ0n) is 17.7. The van der Waals surface area contributed by atoms with E-state index in [1.54, 1.807) is 0 Å². The lowest BCUT2D eigenvalue weighted by Crippen LogP contribution is -2.42. The van der Waals surface area contributed by atoms with Crippen molar-refractivity contribution >= 4 is 35.3 Å². The zero-order valence-corrected chi connectivity index (χ0v) is 18.4. The van der Waals surface area contributed by atoms with Crippen molar-refractivity contribution in [1.29, 1.82) is 0 Å². The molecule has 2 amide bonds. The van der Waals surface area contributed by atoms with Gasteiger partial charge in [0.15, 0.2) is 0 Å². The number of ether oxygens (including phenoxy) is 1. The van der Waals surface area contributed by atoms with Crippen LogP contribution in [0.1, 0.15) is 34.3 Å². The van der Waals surface area contributed by atoms with Gasteiger partial charge in [0.2, 0.25) is 5.91 Å². The van der Waals surface area contributed by atoms with Gasteiger partial charge in [-0.3, -0.25) is 4.79 Å². The molecule has 168 valence electrons. The molecule has 0 saturated carbocycles. The van der Waals surface area contributed by atoms with E-state index in [0.717, 1.165) is 22.3 Å². The Kier molecular flexibility index (Phi) is 6.33. The number of hydrogen-bond acceptors (Lipinski definition) is 4. The summed E-state index contributed by atoms with van der Waals surface area (Å²) in [5.74, 6) is -1.80. The molecule has 0 spiro atoms. The van der Waals surface area contributed by atoms with Gasteiger partial charge in [-0.1, -0.05) is 60.1 Å². The van der Waals surface area contributed by atoms with E-state index in [1.807, 2.05) is 48.5 Å². The molecule has 0 saturated heterocycles. The van der Waals surface area contributed by atoms with E-state index < -0.39 is 24.0 Å². The third kappa shape index (κ3) is 4.83. The Balaban J connectivity index is 1.37. The predicted octanol–water partition coefficient (Wildman–Crippen LogP) is 4.90. The SMILES string of the molecule is CC(NC(=O)OCC1c2ccccc2-c2ccccc21)C(=O)Nc1cc(Cl)cc(C(=O)O)c1. The molecule has 0 aromatic heterocycles. The first-order chi connectivity index (χ1) is 15.8. The van der Waals surface area contributed by atoms with Crippen molar-refractivity contribution in [1.82, 2.24) is 5.32 Å². The number of nitrogens with one attached hydrogen (secondary N) is 2. The lowest BCUT2D eigenvalue weighted by molar-refractivity contribution is -0.117. The van der Waals surface area contributed by atoms with Crippen LogP contribution in [-0.2, 0) is 9.53 Å². The minimum Gasteiger partial charge on any atom is -0.478 e. The number of hydrogen-bond donors (Lipinski definition) is 3. The average molecular weight is 465 g/mol. The summed E-state index contributed by atoms with van der Waals surface area (Å²) in [5.41, 5.74) is 4.58. The summed E-state index contributed by atoms with van der Waals surface area (Å²) in [6.07, 6.45) is -0.725. The molecule has 1 unspecified atom stereocenters. The monoisotopic (exact) mass is 464 g/mol. The van der Waals surface area contributed by atoms with Crippen molar-refractivity contribution in [2.45, 2.75) is 18.9 Å². The predicted molar refractivity (Wildman–Crippen MR) is 125 cm³/mol. The molecule has 1 atom stereocenters. The number of carboxylic acids is 1. The normalized spacial score (nSPS) is 12.9. The minimum atomic E-state index is -1.17. The summed E-state index contributed by atoms with van der Waals surface area (Å²) in [5, 5.41) is 14.3. The maximum Gasteiger partial charge on any atom is 0.407 e. The van der Waals surface area contributed by atoms with Crippen LogP contribution >= 0.6 is 11.6 Å². The highest BCUT2D eigenvalue weighted by molar-refractivity contribution is 6.31. The summed E-state index contributed by atoms with van der Waals surface area (Å²) in [7, 11) is 0. The third-order valence-corrected chi connectivity index (χ3v) is 5.70. The Hall–Kier alpha value is -3.84. The van der Waals surface area contributed by atoms with Crippen molar-refractivity contribution in [3.05, 3.63) is 88.4 Å². The number of carbonyl (C=O) groups is 3. The Bertz CT molecular complexity index is 1200. The van der Waals surface area contributed by atoms with Crippen LogP contribution in [0.2, 0.25) is 5.02 Å². The molecule has 1 aliphatic rings. The number of halogens is 1. The molecule has 3 aromatic carbocycles. The van der Waals surface area contributed by atoms with E-state index in [0.29, 0.717) is 0 Å². The van der Waals surface area contributed by atoms with Gasteiger partial charge in [-0.15, -0.1) is 0 Å². The first-order valence-electron chi connectivity index (χ1n) is 10.3. The van der Waals surface area contributed by atoms with Gasteiger partial charge in [-0.2, -0.15) is 0 Å². The first-order valence-corrected chi connectivity index (χ1v) is 10.7. The molecule has 3 aromatic rings. The number of amides is 2. The molecule has 0 radical (unpaired) electrons. The Morgan fingerprint density at radius 2 is 1.61 bits per heavy atom. The van der Waals surface area contributed by atoms with E-state index in [1.165, 1.54) is 25.1 Å². The van der Waals surface area contributed by atoms with E-state index in [4.69, 9.17) is 21.4 Å². The van der Waals surface area contributed by atoms with Crippen LogP contribution < -0.4 is 10.6 Å². The second-order valence-corrected chi connectivity index (χ2v) is 8.15. The van der Waals surface area contributed by atoms with Gasteiger partial charge in [-0.25, -0.2) is 9.59 Å². The lowest BCUT2D eigenvalue weighted by atomic mass is 9.98. The fraction of sp³-hybridized carbons (Fsp3) is 0.160. The van der Waals surface area contributed by atoms with Gasteiger partial charge < -0.3 is 20.5 Å². The quantitative estimate of drug-likeness (QED) is 0.481. The molecule has 33 heavy (non-hydrogen) atoms. The highest BCUT2D eigenvalue weighted by Crippen LogP contribution is 2.44.